The number of sulfone groups is 1. The number of hydrogen-bond donors (Lipinski definition) is 2. The summed E-state index contributed by atoms with van der Waals surface area (Å²) in [5.74, 6) is -1.10. The minimum atomic E-state index is -3.67. The number of hydrogen-bond acceptors (Lipinski definition) is 5. The van der Waals surface area contributed by atoms with Gasteiger partial charge in [0, 0.05) is 0 Å². The van der Waals surface area contributed by atoms with Crippen molar-refractivity contribution in [2.45, 2.75) is 31.2 Å². The third kappa shape index (κ3) is 3.94. The third-order valence-electron chi connectivity index (χ3n) is 3.51. The van der Waals surface area contributed by atoms with E-state index in [4.69, 9.17) is 9.84 Å². The highest BCUT2D eigenvalue weighted by Crippen LogP contribution is 2.32. The van der Waals surface area contributed by atoms with Crippen LogP contribution in [-0.2, 0) is 19.4 Å². The standard InChI is InChI=1S/C16H19NO6S/c1-10(2)7-13(15(18)19)17-16(20)23-9-12-8-11-5-3-4-6-14(11)24(12,21)22/h3-6,8,10,13H,7,9H2,1-2H3,(H,17,20)(H,18,19). The van der Waals surface area contributed by atoms with Crippen molar-refractivity contribution in [3.05, 3.63) is 34.7 Å². The minimum absolute atomic E-state index is 0.0328. The maximum Gasteiger partial charge on any atom is 0.408 e. The molecular weight excluding hydrogens is 334 g/mol. The molecule has 0 aromatic heterocycles. The van der Waals surface area contributed by atoms with Crippen LogP contribution in [0.15, 0.2) is 34.1 Å². The van der Waals surface area contributed by atoms with Crippen LogP contribution >= 0.6 is 0 Å². The van der Waals surface area contributed by atoms with Gasteiger partial charge in [0.1, 0.15) is 12.6 Å². The molecule has 0 saturated carbocycles. The molecule has 8 heteroatoms. The Kier molecular flexibility index (Phi) is 5.28. The van der Waals surface area contributed by atoms with Gasteiger partial charge in [-0.2, -0.15) is 0 Å². The monoisotopic (exact) mass is 353 g/mol. The number of alkyl carbamates (subject to hydrolysis) is 1. The van der Waals surface area contributed by atoms with Crippen LogP contribution in [0.4, 0.5) is 4.79 Å². The number of benzene rings is 1. The van der Waals surface area contributed by atoms with Crippen LogP contribution in [-0.4, -0.2) is 38.2 Å². The number of ether oxygens (including phenoxy) is 1. The van der Waals surface area contributed by atoms with Crippen LogP contribution in [0.25, 0.3) is 6.08 Å². The van der Waals surface area contributed by atoms with Gasteiger partial charge >= 0.3 is 12.1 Å². The van der Waals surface area contributed by atoms with Gasteiger partial charge in [0.2, 0.25) is 9.84 Å². The van der Waals surface area contributed by atoms with Crippen LogP contribution in [0.3, 0.4) is 0 Å². The summed E-state index contributed by atoms with van der Waals surface area (Å²) in [7, 11) is -3.67. The van der Waals surface area contributed by atoms with E-state index in [0.717, 1.165) is 0 Å². The first-order chi connectivity index (χ1) is 11.2. The van der Waals surface area contributed by atoms with E-state index in [1.165, 1.54) is 12.1 Å². The van der Waals surface area contributed by atoms with Gasteiger partial charge in [0.25, 0.3) is 0 Å². The molecule has 0 bridgehead atoms. The summed E-state index contributed by atoms with van der Waals surface area (Å²) in [5, 5.41) is 11.3. The van der Waals surface area contributed by atoms with Gasteiger partial charge in [-0.1, -0.05) is 32.0 Å². The van der Waals surface area contributed by atoms with Gasteiger partial charge < -0.3 is 15.2 Å². The largest absolute Gasteiger partial charge is 0.480 e. The molecule has 2 N–H and O–H groups in total. The zero-order valence-electron chi connectivity index (χ0n) is 13.4. The second-order valence-electron chi connectivity index (χ2n) is 5.89. The van der Waals surface area contributed by atoms with Gasteiger partial charge in [0.15, 0.2) is 0 Å². The molecule has 1 aliphatic heterocycles. The Hall–Kier alpha value is -2.35. The average Bonchev–Trinajstić information content (AvgIpc) is 2.75. The normalized spacial score (nSPS) is 16.2. The Morgan fingerprint density at radius 3 is 2.50 bits per heavy atom. The number of fused-ring (bicyclic) bond motifs is 1. The SMILES string of the molecule is CC(C)CC(NC(=O)OCC1=Cc2ccccc2S1(=O)=O)C(=O)O. The lowest BCUT2D eigenvalue weighted by Gasteiger charge is -2.16. The zero-order chi connectivity index (χ0) is 17.9. The van der Waals surface area contributed by atoms with E-state index in [2.05, 4.69) is 5.32 Å². The first-order valence-corrected chi connectivity index (χ1v) is 8.91. The molecule has 1 amide bonds. The van der Waals surface area contributed by atoms with E-state index in [9.17, 15) is 18.0 Å². The molecule has 0 fully saturated rings. The maximum atomic E-state index is 12.3. The van der Waals surface area contributed by atoms with Crippen LogP contribution < -0.4 is 5.32 Å². The molecule has 0 radical (unpaired) electrons. The number of aliphatic carboxylic acids is 1. The van der Waals surface area contributed by atoms with Gasteiger partial charge in [-0.15, -0.1) is 0 Å². The van der Waals surface area contributed by atoms with Crippen molar-refractivity contribution in [3.8, 4) is 0 Å². The first kappa shape index (κ1) is 18.0. The van der Waals surface area contributed by atoms with E-state index in [1.54, 1.807) is 18.2 Å². The second kappa shape index (κ2) is 7.04. The topological polar surface area (TPSA) is 110 Å². The van der Waals surface area contributed by atoms with E-state index >= 15 is 0 Å². The molecule has 2 rings (SSSR count). The maximum absolute atomic E-state index is 12.3. The summed E-state index contributed by atoms with van der Waals surface area (Å²) in [5.41, 5.74) is 0.541. The molecule has 1 heterocycles. The molecule has 7 nitrogen and oxygen atoms in total. The number of carbonyl (C=O) groups excluding carboxylic acids is 1. The Balaban J connectivity index is 1.99. The highest BCUT2D eigenvalue weighted by atomic mass is 32.2. The summed E-state index contributed by atoms with van der Waals surface area (Å²) >= 11 is 0. The molecule has 1 aromatic rings. The smallest absolute Gasteiger partial charge is 0.408 e. The Bertz CT molecular complexity index is 782. The molecule has 1 aliphatic rings. The fraction of sp³-hybridized carbons (Fsp3) is 0.375. The van der Waals surface area contributed by atoms with Crippen molar-refractivity contribution in [1.29, 1.82) is 0 Å². The van der Waals surface area contributed by atoms with Gasteiger partial charge in [-0.25, -0.2) is 18.0 Å². The van der Waals surface area contributed by atoms with E-state index < -0.39 is 34.5 Å². The lowest BCUT2D eigenvalue weighted by molar-refractivity contribution is -0.139. The van der Waals surface area contributed by atoms with Crippen LogP contribution in [0, 0.1) is 5.92 Å². The van der Waals surface area contributed by atoms with Gasteiger partial charge in [-0.3, -0.25) is 0 Å². The molecule has 1 unspecified atom stereocenters. The fourth-order valence-corrected chi connectivity index (χ4v) is 3.84. The average molecular weight is 353 g/mol. The van der Waals surface area contributed by atoms with Crippen molar-refractivity contribution in [3.63, 3.8) is 0 Å². The van der Waals surface area contributed by atoms with Crippen molar-refractivity contribution in [1.82, 2.24) is 5.32 Å². The summed E-state index contributed by atoms with van der Waals surface area (Å²) < 4.78 is 29.5. The zero-order valence-corrected chi connectivity index (χ0v) is 14.2. The predicted octanol–water partition coefficient (Wildman–Crippen LogP) is 2.04. The number of nitrogens with one attached hydrogen (secondary N) is 1. The van der Waals surface area contributed by atoms with Crippen molar-refractivity contribution >= 4 is 28.0 Å². The Labute approximate surface area is 140 Å². The molecule has 24 heavy (non-hydrogen) atoms. The quantitative estimate of drug-likeness (QED) is 0.810. The highest BCUT2D eigenvalue weighted by molar-refractivity contribution is 7.95. The molecule has 1 aromatic carbocycles. The number of amides is 1. The molecule has 0 saturated heterocycles. The molecule has 130 valence electrons. The van der Waals surface area contributed by atoms with Crippen LogP contribution in [0.1, 0.15) is 25.8 Å². The Morgan fingerprint density at radius 2 is 1.92 bits per heavy atom. The van der Waals surface area contributed by atoms with E-state index in [1.807, 2.05) is 13.8 Å². The molecule has 1 atom stereocenters. The summed E-state index contributed by atoms with van der Waals surface area (Å²) in [6.45, 7) is 3.21. The third-order valence-corrected chi connectivity index (χ3v) is 5.39. The highest BCUT2D eigenvalue weighted by Gasteiger charge is 2.30. The van der Waals surface area contributed by atoms with Crippen LogP contribution in [0.5, 0.6) is 0 Å². The fourth-order valence-electron chi connectivity index (χ4n) is 2.37. The Morgan fingerprint density at radius 1 is 1.25 bits per heavy atom. The number of carboxylic acids is 1. The summed E-state index contributed by atoms with van der Waals surface area (Å²) in [4.78, 5) is 23.0. The summed E-state index contributed by atoms with van der Waals surface area (Å²) in [6.07, 6.45) is 0.729. The van der Waals surface area contributed by atoms with E-state index in [-0.39, 0.29) is 22.1 Å². The molecular formula is C16H19NO6S. The van der Waals surface area contributed by atoms with Crippen molar-refractivity contribution in [2.75, 3.05) is 6.61 Å². The summed E-state index contributed by atoms with van der Waals surface area (Å²) in [6, 6.07) is 5.39. The van der Waals surface area contributed by atoms with Crippen LogP contribution in [0.2, 0.25) is 0 Å². The van der Waals surface area contributed by atoms with Crippen molar-refractivity contribution in [2.24, 2.45) is 5.92 Å². The van der Waals surface area contributed by atoms with E-state index in [0.29, 0.717) is 5.56 Å². The lowest BCUT2D eigenvalue weighted by Crippen LogP contribution is -2.42. The molecule has 0 spiro atoms. The second-order valence-corrected chi connectivity index (χ2v) is 7.86. The predicted molar refractivity (Wildman–Crippen MR) is 87.0 cm³/mol. The van der Waals surface area contributed by atoms with Crippen molar-refractivity contribution < 1.29 is 27.9 Å². The van der Waals surface area contributed by atoms with Gasteiger partial charge in [0.05, 0.1) is 9.80 Å². The molecule has 0 aliphatic carbocycles. The van der Waals surface area contributed by atoms with Gasteiger partial charge in [-0.05, 0) is 30.0 Å². The number of carboxylic acid groups (broad SMARTS) is 1. The first-order valence-electron chi connectivity index (χ1n) is 7.42. The minimum Gasteiger partial charge on any atom is -0.480 e. The number of carbonyl (C=O) groups is 2. The lowest BCUT2D eigenvalue weighted by atomic mass is 10.0. The number of rotatable bonds is 6.